The Morgan fingerprint density at radius 3 is 2.45 bits per heavy atom. The van der Waals surface area contributed by atoms with Gasteiger partial charge in [-0.05, 0) is 49.1 Å². The molecule has 1 aromatic heterocycles. The molecule has 2 aromatic carbocycles. The molecule has 3 aromatic rings. The topological polar surface area (TPSA) is 85.3 Å². The van der Waals surface area contributed by atoms with Crippen LogP contribution < -0.4 is 5.73 Å². The number of nitrogens with two attached hydrogens (primary N) is 1. The molecule has 3 rings (SSSR count). The van der Waals surface area contributed by atoms with E-state index in [4.69, 9.17) is 17.3 Å². The van der Waals surface area contributed by atoms with E-state index < -0.39 is 29.2 Å². The molecular weight excluding hydrogens is 402 g/mol. The highest BCUT2D eigenvalue weighted by molar-refractivity contribution is 6.30. The number of carbonyl (C=O) groups excluding carboxylic acids is 2. The van der Waals surface area contributed by atoms with Gasteiger partial charge in [-0.15, -0.1) is 0 Å². The molecule has 0 saturated carbocycles. The van der Waals surface area contributed by atoms with Crippen LogP contribution in [0.15, 0.2) is 30.3 Å². The second-order valence-corrected chi connectivity index (χ2v) is 7.40. The lowest BCUT2D eigenvalue weighted by Crippen LogP contribution is -2.14. The molecule has 0 aliphatic rings. The van der Waals surface area contributed by atoms with Crippen LogP contribution in [-0.2, 0) is 4.79 Å². The van der Waals surface area contributed by atoms with Crippen molar-refractivity contribution in [1.29, 1.82) is 0 Å². The number of carbonyl (C=O) groups is 2. The van der Waals surface area contributed by atoms with Gasteiger partial charge in [-0.3, -0.25) is 14.2 Å². The van der Waals surface area contributed by atoms with E-state index in [0.717, 1.165) is 6.07 Å². The summed E-state index contributed by atoms with van der Waals surface area (Å²) in [5, 5.41) is 10.2. The third-order valence-corrected chi connectivity index (χ3v) is 5.27. The van der Waals surface area contributed by atoms with Crippen molar-refractivity contribution in [1.82, 2.24) is 4.57 Å². The maximum absolute atomic E-state index is 14.9. The van der Waals surface area contributed by atoms with Crippen molar-refractivity contribution in [2.75, 3.05) is 0 Å². The first-order valence-corrected chi connectivity index (χ1v) is 9.31. The van der Waals surface area contributed by atoms with Crippen LogP contribution in [0.1, 0.15) is 47.3 Å². The predicted molar refractivity (Wildman–Crippen MR) is 106 cm³/mol. The Balaban J connectivity index is 2.27. The van der Waals surface area contributed by atoms with Crippen LogP contribution in [0.4, 0.5) is 8.78 Å². The summed E-state index contributed by atoms with van der Waals surface area (Å²) in [4.78, 5) is 24.3. The molecule has 0 unspecified atom stereocenters. The van der Waals surface area contributed by atoms with Crippen LogP contribution in [0, 0.1) is 18.6 Å². The van der Waals surface area contributed by atoms with Crippen LogP contribution in [0.2, 0.25) is 5.02 Å². The smallest absolute Gasteiger partial charge is 0.262 e. The van der Waals surface area contributed by atoms with Gasteiger partial charge in [0.05, 0.1) is 5.52 Å². The van der Waals surface area contributed by atoms with E-state index in [1.54, 1.807) is 26.0 Å². The van der Waals surface area contributed by atoms with Crippen molar-refractivity contribution in [3.63, 3.8) is 0 Å². The van der Waals surface area contributed by atoms with Crippen LogP contribution in [0.3, 0.4) is 0 Å². The van der Waals surface area contributed by atoms with Crippen molar-refractivity contribution >= 4 is 34.3 Å². The quantitative estimate of drug-likeness (QED) is 0.630. The Kier molecular flexibility index (Phi) is 5.61. The number of aromatic nitrogens is 1. The Morgan fingerprint density at radius 2 is 1.86 bits per heavy atom. The van der Waals surface area contributed by atoms with E-state index in [1.807, 2.05) is 0 Å². The molecule has 8 heteroatoms. The zero-order valence-electron chi connectivity index (χ0n) is 15.8. The average molecular weight is 421 g/mol. The Hall–Kier alpha value is -2.93. The van der Waals surface area contributed by atoms with Crippen molar-refractivity contribution < 1.29 is 23.5 Å². The lowest BCUT2D eigenvalue weighted by Gasteiger charge is -2.12. The van der Waals surface area contributed by atoms with Gasteiger partial charge in [0.2, 0.25) is 5.91 Å². The number of rotatable bonds is 5. The number of fused-ring (bicyclic) bond motifs is 1. The number of phenols is 1. The number of primary amides is 1. The van der Waals surface area contributed by atoms with Crippen molar-refractivity contribution in [3.8, 4) is 5.75 Å². The van der Waals surface area contributed by atoms with Gasteiger partial charge in [0.25, 0.3) is 5.91 Å². The van der Waals surface area contributed by atoms with Gasteiger partial charge in [-0.2, -0.15) is 0 Å². The molecule has 29 heavy (non-hydrogen) atoms. The summed E-state index contributed by atoms with van der Waals surface area (Å²) in [5.41, 5.74) is 6.29. The first-order valence-electron chi connectivity index (χ1n) is 8.93. The van der Waals surface area contributed by atoms with Crippen LogP contribution in [0.25, 0.3) is 10.9 Å². The standard InChI is InChI=1S/C21H19ClF2N2O3/c1-10(3-8-16(25)27)17-11(2)26(21(29)12-4-6-13(22)7-5-12)15-9-14(23)20(28)19(24)18(15)17/h4-7,9-10,28H,3,8H2,1-2H3,(H2,25,27)/t10-/m0/s1. The largest absolute Gasteiger partial charge is 0.503 e. The van der Waals surface area contributed by atoms with E-state index in [-0.39, 0.29) is 28.8 Å². The number of hydrogen-bond donors (Lipinski definition) is 2. The van der Waals surface area contributed by atoms with E-state index >= 15 is 0 Å². The molecule has 1 amide bonds. The Labute approximate surface area is 170 Å². The SMILES string of the molecule is Cc1c([C@@H](C)CCC(N)=O)c2c(F)c(O)c(F)cc2n1C(=O)c1ccc(Cl)cc1. The van der Waals surface area contributed by atoms with Gasteiger partial charge in [-0.25, -0.2) is 8.78 Å². The number of aromatic hydroxyl groups is 1. The zero-order chi connectivity index (χ0) is 21.5. The van der Waals surface area contributed by atoms with Gasteiger partial charge >= 0.3 is 0 Å². The molecule has 152 valence electrons. The normalized spacial score (nSPS) is 12.3. The summed E-state index contributed by atoms with van der Waals surface area (Å²) in [6.45, 7) is 3.36. The molecule has 0 saturated heterocycles. The Morgan fingerprint density at radius 1 is 1.24 bits per heavy atom. The van der Waals surface area contributed by atoms with Gasteiger partial charge in [0, 0.05) is 34.2 Å². The molecule has 3 N–H and O–H groups in total. The van der Waals surface area contributed by atoms with E-state index in [2.05, 4.69) is 0 Å². The minimum Gasteiger partial charge on any atom is -0.503 e. The lowest BCUT2D eigenvalue weighted by molar-refractivity contribution is -0.118. The van der Waals surface area contributed by atoms with Gasteiger partial charge in [0.1, 0.15) is 0 Å². The fourth-order valence-electron chi connectivity index (χ4n) is 3.60. The number of hydrogen-bond acceptors (Lipinski definition) is 3. The maximum Gasteiger partial charge on any atom is 0.262 e. The zero-order valence-corrected chi connectivity index (χ0v) is 16.6. The van der Waals surface area contributed by atoms with Gasteiger partial charge in [-0.1, -0.05) is 18.5 Å². The molecule has 0 aliphatic heterocycles. The summed E-state index contributed by atoms with van der Waals surface area (Å²) in [7, 11) is 0. The molecule has 0 spiro atoms. The number of benzene rings is 2. The maximum atomic E-state index is 14.9. The third kappa shape index (κ3) is 3.70. The minimum atomic E-state index is -1.17. The summed E-state index contributed by atoms with van der Waals surface area (Å²) >= 11 is 5.87. The van der Waals surface area contributed by atoms with Crippen molar-refractivity contribution in [3.05, 3.63) is 63.8 Å². The molecule has 0 fully saturated rings. The Bertz CT molecular complexity index is 1120. The molecule has 1 atom stereocenters. The minimum absolute atomic E-state index is 0.00354. The highest BCUT2D eigenvalue weighted by Gasteiger charge is 2.28. The van der Waals surface area contributed by atoms with Gasteiger partial charge in [0.15, 0.2) is 17.4 Å². The second-order valence-electron chi connectivity index (χ2n) is 6.97. The highest BCUT2D eigenvalue weighted by atomic mass is 35.5. The first kappa shape index (κ1) is 20.8. The van der Waals surface area contributed by atoms with Crippen LogP contribution >= 0.6 is 11.6 Å². The summed E-state index contributed by atoms with van der Waals surface area (Å²) < 4.78 is 30.2. The average Bonchev–Trinajstić information content (AvgIpc) is 2.96. The number of phenolic OH excluding ortho intramolecular Hbond substituents is 1. The number of nitrogens with zero attached hydrogens (tertiary/aromatic N) is 1. The highest BCUT2D eigenvalue weighted by Crippen LogP contribution is 2.39. The van der Waals surface area contributed by atoms with E-state index in [1.165, 1.54) is 16.7 Å². The molecule has 0 radical (unpaired) electrons. The number of amides is 1. The summed E-state index contributed by atoms with van der Waals surface area (Å²) in [5.74, 6) is -4.81. The first-order chi connectivity index (χ1) is 13.6. The van der Waals surface area contributed by atoms with Crippen LogP contribution in [0.5, 0.6) is 5.75 Å². The molecule has 0 aliphatic carbocycles. The monoisotopic (exact) mass is 420 g/mol. The van der Waals surface area contributed by atoms with Crippen molar-refractivity contribution in [2.24, 2.45) is 5.73 Å². The summed E-state index contributed by atoms with van der Waals surface area (Å²) in [6.07, 6.45) is 0.370. The molecular formula is C21H19ClF2N2O3. The van der Waals surface area contributed by atoms with Gasteiger partial charge < -0.3 is 10.8 Å². The molecule has 1 heterocycles. The van der Waals surface area contributed by atoms with E-state index in [0.29, 0.717) is 22.7 Å². The molecule has 0 bridgehead atoms. The fraction of sp³-hybridized carbons (Fsp3) is 0.238. The second kappa shape index (κ2) is 7.83. The molecule has 5 nitrogen and oxygen atoms in total. The number of halogens is 3. The lowest BCUT2D eigenvalue weighted by atomic mass is 9.93. The fourth-order valence-corrected chi connectivity index (χ4v) is 3.73. The summed E-state index contributed by atoms with van der Waals surface area (Å²) in [6, 6.07) is 7.04. The van der Waals surface area contributed by atoms with Crippen LogP contribution in [-0.4, -0.2) is 21.5 Å². The predicted octanol–water partition coefficient (Wildman–Crippen LogP) is 4.64. The van der Waals surface area contributed by atoms with E-state index in [9.17, 15) is 23.5 Å². The third-order valence-electron chi connectivity index (χ3n) is 5.02. The van der Waals surface area contributed by atoms with Crippen molar-refractivity contribution in [2.45, 2.75) is 32.6 Å².